The molecule has 1 amide bonds. The van der Waals surface area contributed by atoms with Crippen LogP contribution in [0, 0.1) is 10.1 Å². The summed E-state index contributed by atoms with van der Waals surface area (Å²) in [5.41, 5.74) is 2.54. The van der Waals surface area contributed by atoms with Crippen LogP contribution in [-0.2, 0) is 0 Å². The van der Waals surface area contributed by atoms with Crippen molar-refractivity contribution in [2.24, 2.45) is 5.84 Å². The number of nitro groups is 1. The summed E-state index contributed by atoms with van der Waals surface area (Å²) in [6, 6.07) is 4.06. The van der Waals surface area contributed by atoms with Gasteiger partial charge >= 0.3 is 0 Å². The molecule has 0 aromatic heterocycles. The number of carbonyl (C=O) groups excluding carboxylic acids is 1. The highest BCUT2D eigenvalue weighted by Gasteiger charge is 2.15. The fourth-order valence-electron chi connectivity index (χ4n) is 1.80. The summed E-state index contributed by atoms with van der Waals surface area (Å²) in [4.78, 5) is 22.1. The van der Waals surface area contributed by atoms with Crippen LogP contribution in [0.25, 0.3) is 0 Å². The van der Waals surface area contributed by atoms with E-state index in [0.29, 0.717) is 12.1 Å². The minimum absolute atomic E-state index is 0.118. The first-order chi connectivity index (χ1) is 10.1. The van der Waals surface area contributed by atoms with Crippen molar-refractivity contribution in [2.75, 3.05) is 24.0 Å². The molecule has 7 nitrogen and oxygen atoms in total. The molecule has 116 valence electrons. The maximum atomic E-state index is 11.9. The Morgan fingerprint density at radius 2 is 2.14 bits per heavy atom. The Morgan fingerprint density at radius 3 is 2.76 bits per heavy atom. The maximum absolute atomic E-state index is 11.9. The van der Waals surface area contributed by atoms with Crippen LogP contribution in [0.5, 0.6) is 0 Å². The van der Waals surface area contributed by atoms with Crippen molar-refractivity contribution >= 4 is 29.0 Å². The highest BCUT2D eigenvalue weighted by atomic mass is 32.2. The van der Waals surface area contributed by atoms with Crippen molar-refractivity contribution in [2.45, 2.75) is 19.3 Å². The molecule has 0 fully saturated rings. The number of benzene rings is 1. The number of thioether (sulfide) groups is 1. The lowest BCUT2D eigenvalue weighted by molar-refractivity contribution is -0.384. The molecule has 1 aromatic rings. The number of hydrazine groups is 1. The number of hydrogen-bond donors (Lipinski definition) is 3. The number of nitrogens with one attached hydrogen (secondary N) is 2. The van der Waals surface area contributed by atoms with Crippen LogP contribution in [0.15, 0.2) is 18.2 Å². The summed E-state index contributed by atoms with van der Waals surface area (Å²) in [5.74, 6) is 6.11. The van der Waals surface area contributed by atoms with Crippen molar-refractivity contribution in [3.63, 3.8) is 0 Å². The van der Waals surface area contributed by atoms with Crippen LogP contribution in [-0.4, -0.2) is 29.4 Å². The summed E-state index contributed by atoms with van der Waals surface area (Å²) >= 11 is 1.81. The number of nitrogens with zero attached hydrogens (tertiary/aromatic N) is 1. The number of nitrogens with two attached hydrogens (primary N) is 1. The third-order valence-corrected chi connectivity index (χ3v) is 3.62. The van der Waals surface area contributed by atoms with Crippen molar-refractivity contribution in [1.29, 1.82) is 0 Å². The Labute approximate surface area is 127 Å². The zero-order chi connectivity index (χ0) is 15.7. The number of unbranched alkanes of at least 4 members (excludes halogenated alkanes) is 2. The van der Waals surface area contributed by atoms with Crippen molar-refractivity contribution < 1.29 is 9.72 Å². The topological polar surface area (TPSA) is 110 Å². The first kappa shape index (κ1) is 17.3. The van der Waals surface area contributed by atoms with Gasteiger partial charge in [0.1, 0.15) is 5.69 Å². The van der Waals surface area contributed by atoms with E-state index in [2.05, 4.69) is 17.0 Å². The van der Waals surface area contributed by atoms with E-state index >= 15 is 0 Å². The summed E-state index contributed by atoms with van der Waals surface area (Å²) in [6.45, 7) is 0.593. The molecule has 8 heteroatoms. The Hall–Kier alpha value is -1.80. The van der Waals surface area contributed by atoms with Gasteiger partial charge in [-0.25, -0.2) is 0 Å². The Bertz CT molecular complexity index is 496. The second-order valence-electron chi connectivity index (χ2n) is 4.44. The zero-order valence-electron chi connectivity index (χ0n) is 11.9. The van der Waals surface area contributed by atoms with E-state index in [9.17, 15) is 14.9 Å². The largest absolute Gasteiger partial charge is 0.352 e. The van der Waals surface area contributed by atoms with Crippen LogP contribution in [0.3, 0.4) is 0 Å². The van der Waals surface area contributed by atoms with Gasteiger partial charge in [-0.3, -0.25) is 20.8 Å². The lowest BCUT2D eigenvalue weighted by atomic mass is 10.1. The average molecular weight is 312 g/mol. The molecule has 0 atom stereocenters. The highest BCUT2D eigenvalue weighted by molar-refractivity contribution is 7.98. The molecule has 1 aromatic carbocycles. The minimum atomic E-state index is -0.553. The summed E-state index contributed by atoms with van der Waals surface area (Å²) in [6.07, 6.45) is 5.19. The van der Waals surface area contributed by atoms with Gasteiger partial charge in [-0.1, -0.05) is 6.42 Å². The molecule has 0 heterocycles. The molecule has 0 aliphatic carbocycles. The van der Waals surface area contributed by atoms with Gasteiger partial charge in [-0.05, 0) is 37.0 Å². The van der Waals surface area contributed by atoms with Crippen molar-refractivity contribution in [3.8, 4) is 0 Å². The van der Waals surface area contributed by atoms with E-state index in [0.717, 1.165) is 25.0 Å². The Morgan fingerprint density at radius 1 is 1.38 bits per heavy atom. The lowest BCUT2D eigenvalue weighted by Crippen LogP contribution is -2.24. The Balaban J connectivity index is 2.53. The van der Waals surface area contributed by atoms with Gasteiger partial charge in [0.05, 0.1) is 4.92 Å². The minimum Gasteiger partial charge on any atom is -0.352 e. The van der Waals surface area contributed by atoms with E-state index in [4.69, 9.17) is 5.84 Å². The second kappa shape index (κ2) is 9.19. The zero-order valence-corrected chi connectivity index (χ0v) is 12.7. The van der Waals surface area contributed by atoms with Gasteiger partial charge in [-0.2, -0.15) is 11.8 Å². The number of carbonyl (C=O) groups is 1. The third kappa shape index (κ3) is 5.60. The van der Waals surface area contributed by atoms with E-state index in [1.807, 2.05) is 11.8 Å². The molecule has 21 heavy (non-hydrogen) atoms. The van der Waals surface area contributed by atoms with Crippen LogP contribution < -0.4 is 16.6 Å². The van der Waals surface area contributed by atoms with Crippen molar-refractivity contribution in [1.82, 2.24) is 5.32 Å². The fraction of sp³-hybridized carbons (Fsp3) is 0.462. The van der Waals surface area contributed by atoms with Gasteiger partial charge in [0.15, 0.2) is 0 Å². The molecule has 4 N–H and O–H groups in total. The monoisotopic (exact) mass is 312 g/mol. The quantitative estimate of drug-likeness (QED) is 0.279. The third-order valence-electron chi connectivity index (χ3n) is 2.92. The molecule has 0 unspecified atom stereocenters. The molecule has 0 saturated carbocycles. The lowest BCUT2D eigenvalue weighted by Gasteiger charge is -2.07. The number of anilines is 1. The van der Waals surface area contributed by atoms with E-state index in [1.165, 1.54) is 18.2 Å². The normalized spacial score (nSPS) is 10.2. The van der Waals surface area contributed by atoms with Crippen LogP contribution in [0.4, 0.5) is 11.4 Å². The van der Waals surface area contributed by atoms with Gasteiger partial charge in [0.25, 0.3) is 11.6 Å². The highest BCUT2D eigenvalue weighted by Crippen LogP contribution is 2.24. The number of rotatable bonds is 9. The molecule has 1 rings (SSSR count). The number of nitrogen functional groups attached to an aromatic ring is 1. The van der Waals surface area contributed by atoms with Crippen molar-refractivity contribution in [3.05, 3.63) is 33.9 Å². The standard InChI is InChI=1S/C13H20N4O3S/c1-21-8-4-2-3-7-15-13(18)10-5-6-12(17(19)20)11(9-10)16-14/h5-6,9,16H,2-4,7-8,14H2,1H3,(H,15,18). The Kier molecular flexibility index (Phi) is 7.55. The first-order valence-corrected chi connectivity index (χ1v) is 8.01. The molecule has 0 spiro atoms. The van der Waals surface area contributed by atoms with Gasteiger partial charge in [-0.15, -0.1) is 0 Å². The predicted octanol–water partition coefficient (Wildman–Crippen LogP) is 2.14. The van der Waals surface area contributed by atoms with E-state index in [-0.39, 0.29) is 17.3 Å². The first-order valence-electron chi connectivity index (χ1n) is 6.62. The van der Waals surface area contributed by atoms with Crippen LogP contribution in [0.2, 0.25) is 0 Å². The average Bonchev–Trinajstić information content (AvgIpc) is 2.49. The maximum Gasteiger partial charge on any atom is 0.293 e. The van der Waals surface area contributed by atoms with Crippen LogP contribution in [0.1, 0.15) is 29.6 Å². The van der Waals surface area contributed by atoms with Gasteiger partial charge in [0, 0.05) is 18.2 Å². The second-order valence-corrected chi connectivity index (χ2v) is 5.43. The van der Waals surface area contributed by atoms with Gasteiger partial charge < -0.3 is 10.7 Å². The summed E-state index contributed by atoms with van der Waals surface area (Å²) in [7, 11) is 0. The van der Waals surface area contributed by atoms with Crippen LogP contribution >= 0.6 is 11.8 Å². The molecule has 0 saturated heterocycles. The molecule has 0 radical (unpaired) electrons. The summed E-state index contributed by atoms with van der Waals surface area (Å²) < 4.78 is 0. The summed E-state index contributed by atoms with van der Waals surface area (Å²) in [5, 5.41) is 13.6. The number of amides is 1. The SMILES string of the molecule is CSCCCCCNC(=O)c1ccc([N+](=O)[O-])c(NN)c1. The van der Waals surface area contributed by atoms with E-state index in [1.54, 1.807) is 0 Å². The number of nitro benzene ring substituents is 1. The molecular weight excluding hydrogens is 292 g/mol. The number of hydrogen-bond acceptors (Lipinski definition) is 6. The molecule has 0 aliphatic heterocycles. The predicted molar refractivity (Wildman–Crippen MR) is 85.5 cm³/mol. The molecule has 0 aliphatic rings. The fourth-order valence-corrected chi connectivity index (χ4v) is 2.30. The van der Waals surface area contributed by atoms with E-state index < -0.39 is 4.92 Å². The smallest absolute Gasteiger partial charge is 0.293 e. The van der Waals surface area contributed by atoms with Gasteiger partial charge in [0.2, 0.25) is 0 Å². The molecule has 0 bridgehead atoms. The molecular formula is C13H20N4O3S.